The summed E-state index contributed by atoms with van der Waals surface area (Å²) in [7, 11) is 2.15. The molecule has 138 valence electrons. The molecular formula is C27H26N+. The van der Waals surface area contributed by atoms with Gasteiger partial charge in [0.1, 0.15) is 7.05 Å². The van der Waals surface area contributed by atoms with Gasteiger partial charge in [0.2, 0.25) is 5.69 Å². The highest BCUT2D eigenvalue weighted by Gasteiger charge is 2.16. The molecule has 5 rings (SSSR count). The quantitative estimate of drug-likeness (QED) is 0.328. The number of hydrogen-bond donors (Lipinski definition) is 0. The summed E-state index contributed by atoms with van der Waals surface area (Å²) in [5.74, 6) is 0. The summed E-state index contributed by atoms with van der Waals surface area (Å²) in [5.41, 5.74) is 9.50. The molecule has 0 saturated carbocycles. The predicted molar refractivity (Wildman–Crippen MR) is 117 cm³/mol. The van der Waals surface area contributed by atoms with Gasteiger partial charge in [0.25, 0.3) is 0 Å². The van der Waals surface area contributed by atoms with Crippen molar-refractivity contribution in [1.29, 1.82) is 0 Å². The van der Waals surface area contributed by atoms with E-state index in [1.54, 1.807) is 0 Å². The van der Waals surface area contributed by atoms with Crippen LogP contribution in [0, 0.1) is 6.92 Å². The van der Waals surface area contributed by atoms with Crippen LogP contribution in [0.3, 0.4) is 0 Å². The summed E-state index contributed by atoms with van der Waals surface area (Å²) < 4.78 is 2.26. The summed E-state index contributed by atoms with van der Waals surface area (Å²) >= 11 is 0. The summed E-state index contributed by atoms with van der Waals surface area (Å²) in [6.45, 7) is 2.23. The van der Waals surface area contributed by atoms with Crippen molar-refractivity contribution >= 4 is 10.8 Å². The van der Waals surface area contributed by atoms with E-state index >= 15 is 0 Å². The van der Waals surface area contributed by atoms with Gasteiger partial charge in [0.15, 0.2) is 6.20 Å². The van der Waals surface area contributed by atoms with E-state index < -0.39 is 0 Å². The van der Waals surface area contributed by atoms with Gasteiger partial charge < -0.3 is 0 Å². The monoisotopic (exact) mass is 364 g/mol. The average molecular weight is 365 g/mol. The van der Waals surface area contributed by atoms with Gasteiger partial charge in [-0.2, -0.15) is 0 Å². The summed E-state index contributed by atoms with van der Waals surface area (Å²) in [6, 6.07) is 25.2. The van der Waals surface area contributed by atoms with Gasteiger partial charge in [-0.3, -0.25) is 0 Å². The normalized spacial score (nSPS) is 13.5. The minimum atomic E-state index is 1.14. The summed E-state index contributed by atoms with van der Waals surface area (Å²) in [5, 5.41) is 2.65. The fraction of sp³-hybridized carbons (Fsp3) is 0.222. The molecule has 0 radical (unpaired) electrons. The third-order valence-electron chi connectivity index (χ3n) is 6.13. The molecule has 1 aliphatic rings. The first-order valence-corrected chi connectivity index (χ1v) is 10.3. The molecule has 0 spiro atoms. The zero-order valence-corrected chi connectivity index (χ0v) is 16.7. The molecule has 0 atom stereocenters. The number of benzene rings is 3. The van der Waals surface area contributed by atoms with E-state index in [0.29, 0.717) is 0 Å². The lowest BCUT2D eigenvalue weighted by atomic mass is 9.91. The second kappa shape index (κ2) is 6.91. The molecule has 0 unspecified atom stereocenters. The number of nitrogens with zero attached hydrogens (tertiary/aromatic N) is 1. The number of hydrogen-bond acceptors (Lipinski definition) is 0. The largest absolute Gasteiger partial charge is 0.212 e. The first kappa shape index (κ1) is 17.2. The molecule has 0 N–H and O–H groups in total. The van der Waals surface area contributed by atoms with Gasteiger partial charge in [0, 0.05) is 17.7 Å². The fourth-order valence-electron chi connectivity index (χ4n) is 4.56. The van der Waals surface area contributed by atoms with Crippen LogP contribution in [0.5, 0.6) is 0 Å². The average Bonchev–Trinajstić information content (AvgIpc) is 2.71. The topological polar surface area (TPSA) is 3.88 Å². The Labute approximate surface area is 167 Å². The van der Waals surface area contributed by atoms with Gasteiger partial charge in [-0.25, -0.2) is 4.57 Å². The molecule has 28 heavy (non-hydrogen) atoms. The smallest absolute Gasteiger partial charge is 0.201 e. The Hall–Kier alpha value is -2.93. The lowest BCUT2D eigenvalue weighted by Crippen LogP contribution is -2.30. The Balaban J connectivity index is 1.84. The van der Waals surface area contributed by atoms with Gasteiger partial charge in [-0.1, -0.05) is 48.5 Å². The van der Waals surface area contributed by atoms with Crippen LogP contribution in [0.2, 0.25) is 0 Å². The van der Waals surface area contributed by atoms with Crippen molar-refractivity contribution in [3.05, 3.63) is 89.6 Å². The summed E-state index contributed by atoms with van der Waals surface area (Å²) in [6.07, 6.45) is 6.97. The molecule has 1 heterocycles. The van der Waals surface area contributed by atoms with Crippen LogP contribution in [-0.2, 0) is 19.9 Å². The highest BCUT2D eigenvalue weighted by Crippen LogP contribution is 2.34. The predicted octanol–water partition coefficient (Wildman–Crippen LogP) is 6.19. The number of aromatic nitrogens is 1. The highest BCUT2D eigenvalue weighted by atomic mass is 14.9. The maximum Gasteiger partial charge on any atom is 0.212 e. The van der Waals surface area contributed by atoms with Crippen molar-refractivity contribution < 1.29 is 4.57 Å². The van der Waals surface area contributed by atoms with E-state index in [4.69, 9.17) is 0 Å². The Morgan fingerprint density at radius 3 is 2.39 bits per heavy atom. The van der Waals surface area contributed by atoms with Gasteiger partial charge in [-0.05, 0) is 77.3 Å². The molecule has 4 aromatic rings. The lowest BCUT2D eigenvalue weighted by molar-refractivity contribution is -0.660. The maximum atomic E-state index is 2.40. The van der Waals surface area contributed by atoms with Crippen molar-refractivity contribution in [2.24, 2.45) is 7.05 Å². The van der Waals surface area contributed by atoms with E-state index in [9.17, 15) is 0 Å². The Morgan fingerprint density at radius 1 is 0.750 bits per heavy atom. The number of aryl methyl sites for hydroxylation is 4. The standard InChI is InChI=1S/C27H26N/c1-19-15-22-11-6-12-24-23-10-5-9-20(16-23)7-3-4-8-21-13-14-28(2)27(17-21)25(19)18-26(22)24/h5-6,9-18H,3-4,7-8H2,1-2H3/q+1. The van der Waals surface area contributed by atoms with Crippen molar-refractivity contribution in [2.45, 2.75) is 32.6 Å². The second-order valence-corrected chi connectivity index (χ2v) is 8.13. The number of rotatable bonds is 0. The van der Waals surface area contributed by atoms with Crippen LogP contribution in [-0.4, -0.2) is 0 Å². The summed E-state index contributed by atoms with van der Waals surface area (Å²) in [4.78, 5) is 0. The number of pyridine rings is 1. The van der Waals surface area contributed by atoms with Gasteiger partial charge in [-0.15, -0.1) is 0 Å². The highest BCUT2D eigenvalue weighted by molar-refractivity contribution is 5.99. The molecule has 1 nitrogen and oxygen atoms in total. The van der Waals surface area contributed by atoms with E-state index in [-0.39, 0.29) is 0 Å². The van der Waals surface area contributed by atoms with Crippen LogP contribution < -0.4 is 4.57 Å². The molecule has 1 aliphatic carbocycles. The minimum Gasteiger partial charge on any atom is -0.201 e. The van der Waals surface area contributed by atoms with E-state index in [1.165, 1.54) is 62.7 Å². The van der Waals surface area contributed by atoms with Crippen molar-refractivity contribution in [2.75, 3.05) is 0 Å². The Bertz CT molecular complexity index is 1190. The first-order valence-electron chi connectivity index (χ1n) is 10.3. The molecule has 0 fully saturated rings. The van der Waals surface area contributed by atoms with Crippen molar-refractivity contribution in [1.82, 2.24) is 0 Å². The molecule has 0 amide bonds. The molecular weight excluding hydrogens is 338 g/mol. The van der Waals surface area contributed by atoms with Crippen LogP contribution in [0.15, 0.2) is 72.9 Å². The molecule has 1 aromatic heterocycles. The van der Waals surface area contributed by atoms with Crippen LogP contribution in [0.1, 0.15) is 29.5 Å². The zero-order valence-electron chi connectivity index (χ0n) is 16.7. The Kier molecular flexibility index (Phi) is 4.24. The van der Waals surface area contributed by atoms with Gasteiger partial charge >= 0.3 is 0 Å². The van der Waals surface area contributed by atoms with Crippen LogP contribution in [0.4, 0.5) is 0 Å². The molecule has 6 bridgehead atoms. The van der Waals surface area contributed by atoms with Gasteiger partial charge in [0.05, 0.1) is 0 Å². The number of fused-ring (bicyclic) bond motifs is 7. The second-order valence-electron chi connectivity index (χ2n) is 8.13. The molecule has 0 aliphatic heterocycles. The SMILES string of the molecule is Cc1cc2cccc3c2cc1-c1cc(cc[n+]1C)CCCCc1cccc-3c1. The zero-order chi connectivity index (χ0) is 19.1. The first-order chi connectivity index (χ1) is 13.7. The van der Waals surface area contributed by atoms with E-state index in [0.717, 1.165) is 12.8 Å². The van der Waals surface area contributed by atoms with Crippen LogP contribution in [0.25, 0.3) is 33.2 Å². The van der Waals surface area contributed by atoms with Crippen molar-refractivity contribution in [3.8, 4) is 22.4 Å². The molecule has 1 heteroatoms. The lowest BCUT2D eigenvalue weighted by Gasteiger charge is -2.13. The van der Waals surface area contributed by atoms with E-state index in [2.05, 4.69) is 91.5 Å². The van der Waals surface area contributed by atoms with E-state index in [1.807, 2.05) is 0 Å². The third-order valence-corrected chi connectivity index (χ3v) is 6.13. The third kappa shape index (κ3) is 3.01. The fourth-order valence-corrected chi connectivity index (χ4v) is 4.56. The van der Waals surface area contributed by atoms with Crippen molar-refractivity contribution in [3.63, 3.8) is 0 Å². The minimum absolute atomic E-state index is 1.14. The molecule has 0 saturated heterocycles. The Morgan fingerprint density at radius 2 is 1.54 bits per heavy atom. The maximum absolute atomic E-state index is 2.40. The molecule has 3 aromatic carbocycles. The van der Waals surface area contributed by atoms with Crippen LogP contribution >= 0.6 is 0 Å².